The van der Waals surface area contributed by atoms with Crippen molar-refractivity contribution in [3.8, 4) is 0 Å². The van der Waals surface area contributed by atoms with Crippen LogP contribution < -0.4 is 5.32 Å². The quantitative estimate of drug-likeness (QED) is 0.806. The standard InChI is InChI=1S/C12H16F3N5O2/c1-19-6-8(17-18-19)5-16-10(21)9-3-2-4-20(11(9)22)7-12(13,14)15/h6,9H,2-5,7H2,1H3,(H,16,21). The van der Waals surface area contributed by atoms with Gasteiger partial charge in [0.25, 0.3) is 0 Å². The molecule has 2 amide bonds. The molecule has 1 aliphatic heterocycles. The van der Waals surface area contributed by atoms with Crippen molar-refractivity contribution in [3.63, 3.8) is 0 Å². The molecular formula is C12H16F3N5O2. The Morgan fingerprint density at radius 2 is 2.23 bits per heavy atom. The molecule has 22 heavy (non-hydrogen) atoms. The van der Waals surface area contributed by atoms with E-state index in [1.165, 1.54) is 4.68 Å². The third-order valence-corrected chi connectivity index (χ3v) is 3.31. The number of aromatic nitrogens is 3. The number of amides is 2. The number of carbonyl (C=O) groups is 2. The molecule has 1 unspecified atom stereocenters. The number of halogens is 3. The lowest BCUT2D eigenvalue weighted by Crippen LogP contribution is -2.50. The van der Waals surface area contributed by atoms with Crippen molar-refractivity contribution < 1.29 is 22.8 Å². The number of piperidine rings is 1. The Hall–Kier alpha value is -2.13. The maximum atomic E-state index is 12.4. The molecule has 0 aliphatic carbocycles. The number of nitrogens with one attached hydrogen (secondary N) is 1. The van der Waals surface area contributed by atoms with Gasteiger partial charge in [-0.05, 0) is 12.8 Å². The summed E-state index contributed by atoms with van der Waals surface area (Å²) in [4.78, 5) is 24.7. The molecule has 2 heterocycles. The summed E-state index contributed by atoms with van der Waals surface area (Å²) in [6.45, 7) is -1.22. The fraction of sp³-hybridized carbons (Fsp3) is 0.667. The van der Waals surface area contributed by atoms with Gasteiger partial charge in [0.2, 0.25) is 11.8 Å². The summed E-state index contributed by atoms with van der Waals surface area (Å²) in [6.07, 6.45) is -2.25. The van der Waals surface area contributed by atoms with Gasteiger partial charge in [-0.2, -0.15) is 13.2 Å². The van der Waals surface area contributed by atoms with E-state index in [0.717, 1.165) is 0 Å². The molecule has 0 radical (unpaired) electrons. The zero-order chi connectivity index (χ0) is 16.3. The number of carbonyl (C=O) groups excluding carboxylic acids is 2. The van der Waals surface area contributed by atoms with Crippen molar-refractivity contribution in [1.29, 1.82) is 0 Å². The lowest BCUT2D eigenvalue weighted by molar-refractivity contribution is -0.168. The molecule has 1 saturated heterocycles. The van der Waals surface area contributed by atoms with Gasteiger partial charge >= 0.3 is 6.18 Å². The average Bonchev–Trinajstić information content (AvgIpc) is 2.83. The minimum absolute atomic E-state index is 0.0201. The molecule has 7 nitrogen and oxygen atoms in total. The van der Waals surface area contributed by atoms with Crippen molar-refractivity contribution in [1.82, 2.24) is 25.2 Å². The summed E-state index contributed by atoms with van der Waals surface area (Å²) < 4.78 is 38.7. The van der Waals surface area contributed by atoms with E-state index in [-0.39, 0.29) is 19.5 Å². The lowest BCUT2D eigenvalue weighted by Gasteiger charge is -2.32. The maximum Gasteiger partial charge on any atom is 0.406 e. The molecule has 1 atom stereocenters. The molecule has 1 N–H and O–H groups in total. The highest BCUT2D eigenvalue weighted by atomic mass is 19.4. The van der Waals surface area contributed by atoms with Gasteiger partial charge in [0.15, 0.2) is 0 Å². The first-order chi connectivity index (χ1) is 10.3. The van der Waals surface area contributed by atoms with Crippen LogP contribution in [-0.2, 0) is 23.2 Å². The van der Waals surface area contributed by atoms with Crippen LogP contribution in [0.1, 0.15) is 18.5 Å². The predicted octanol–water partition coefficient (Wildman–Crippen LogP) is 0.232. The largest absolute Gasteiger partial charge is 0.406 e. The zero-order valence-electron chi connectivity index (χ0n) is 11.9. The van der Waals surface area contributed by atoms with Crippen LogP contribution in [0.5, 0.6) is 0 Å². The van der Waals surface area contributed by atoms with Gasteiger partial charge in [-0.15, -0.1) is 5.10 Å². The summed E-state index contributed by atoms with van der Waals surface area (Å²) in [5.74, 6) is -2.43. The number of hydrogen-bond donors (Lipinski definition) is 1. The Kier molecular flexibility index (Phi) is 4.67. The third kappa shape index (κ3) is 4.18. The van der Waals surface area contributed by atoms with E-state index in [9.17, 15) is 22.8 Å². The van der Waals surface area contributed by atoms with Gasteiger partial charge in [0.1, 0.15) is 18.2 Å². The van der Waals surface area contributed by atoms with Crippen LogP contribution in [0, 0.1) is 5.92 Å². The molecule has 1 aromatic heterocycles. The Morgan fingerprint density at radius 3 is 2.82 bits per heavy atom. The predicted molar refractivity (Wildman–Crippen MR) is 68.2 cm³/mol. The topological polar surface area (TPSA) is 80.1 Å². The van der Waals surface area contributed by atoms with Crippen LogP contribution in [0.15, 0.2) is 6.20 Å². The van der Waals surface area contributed by atoms with Crippen molar-refractivity contribution in [3.05, 3.63) is 11.9 Å². The molecule has 0 aromatic carbocycles. The summed E-state index contributed by atoms with van der Waals surface area (Å²) in [7, 11) is 1.66. The minimum atomic E-state index is -4.46. The van der Waals surface area contributed by atoms with Gasteiger partial charge in [-0.25, -0.2) is 0 Å². The van der Waals surface area contributed by atoms with Crippen LogP contribution in [0.4, 0.5) is 13.2 Å². The molecule has 0 bridgehead atoms. The van der Waals surface area contributed by atoms with Crippen molar-refractivity contribution >= 4 is 11.8 Å². The SMILES string of the molecule is Cn1cc(CNC(=O)C2CCCN(CC(F)(F)F)C2=O)nn1. The third-order valence-electron chi connectivity index (χ3n) is 3.31. The van der Waals surface area contributed by atoms with Gasteiger partial charge in [-0.3, -0.25) is 14.3 Å². The van der Waals surface area contributed by atoms with E-state index in [4.69, 9.17) is 0 Å². The first-order valence-corrected chi connectivity index (χ1v) is 6.75. The van der Waals surface area contributed by atoms with Gasteiger partial charge in [0, 0.05) is 19.8 Å². The molecule has 10 heteroatoms. The number of nitrogens with zero attached hydrogens (tertiary/aromatic N) is 4. The first-order valence-electron chi connectivity index (χ1n) is 6.75. The molecule has 0 saturated carbocycles. The van der Waals surface area contributed by atoms with Crippen LogP contribution in [0.3, 0.4) is 0 Å². The smallest absolute Gasteiger partial charge is 0.350 e. The second kappa shape index (κ2) is 6.32. The van der Waals surface area contributed by atoms with E-state index in [0.29, 0.717) is 17.0 Å². The molecule has 0 spiro atoms. The fourth-order valence-corrected chi connectivity index (χ4v) is 2.33. The highest BCUT2D eigenvalue weighted by Crippen LogP contribution is 2.23. The second-order valence-corrected chi connectivity index (χ2v) is 5.17. The fourth-order valence-electron chi connectivity index (χ4n) is 2.33. The molecular weight excluding hydrogens is 303 g/mol. The molecule has 1 fully saturated rings. The summed E-state index contributed by atoms with van der Waals surface area (Å²) in [5, 5.41) is 9.97. The Balaban J connectivity index is 1.92. The van der Waals surface area contributed by atoms with Gasteiger partial charge in [-0.1, -0.05) is 5.21 Å². The zero-order valence-corrected chi connectivity index (χ0v) is 11.9. The number of likely N-dealkylation sites (tertiary alicyclic amines) is 1. The van der Waals surface area contributed by atoms with E-state index in [1.807, 2.05) is 0 Å². The normalized spacial score (nSPS) is 19.4. The number of aryl methyl sites for hydroxylation is 1. The molecule has 2 rings (SSSR count). The summed E-state index contributed by atoms with van der Waals surface area (Å²) >= 11 is 0. The van der Waals surface area contributed by atoms with Crippen LogP contribution in [0.2, 0.25) is 0 Å². The van der Waals surface area contributed by atoms with Crippen molar-refractivity contribution in [2.24, 2.45) is 13.0 Å². The molecule has 1 aliphatic rings. The minimum Gasteiger partial charge on any atom is -0.350 e. The van der Waals surface area contributed by atoms with E-state index < -0.39 is 30.5 Å². The molecule has 1 aromatic rings. The average molecular weight is 319 g/mol. The Morgan fingerprint density at radius 1 is 1.50 bits per heavy atom. The number of alkyl halides is 3. The van der Waals surface area contributed by atoms with Gasteiger partial charge < -0.3 is 10.2 Å². The van der Waals surface area contributed by atoms with E-state index >= 15 is 0 Å². The Labute approximate surface area is 124 Å². The van der Waals surface area contributed by atoms with Gasteiger partial charge in [0.05, 0.1) is 6.54 Å². The van der Waals surface area contributed by atoms with Crippen LogP contribution in [-0.4, -0.2) is 51.0 Å². The first kappa shape index (κ1) is 16.2. The van der Waals surface area contributed by atoms with Crippen LogP contribution in [0.25, 0.3) is 0 Å². The number of hydrogen-bond acceptors (Lipinski definition) is 4. The monoisotopic (exact) mass is 319 g/mol. The highest BCUT2D eigenvalue weighted by Gasteiger charge is 2.39. The number of rotatable bonds is 4. The second-order valence-electron chi connectivity index (χ2n) is 5.17. The summed E-state index contributed by atoms with van der Waals surface area (Å²) in [6, 6.07) is 0. The van der Waals surface area contributed by atoms with E-state index in [2.05, 4.69) is 15.6 Å². The highest BCUT2D eigenvalue weighted by molar-refractivity contribution is 6.00. The van der Waals surface area contributed by atoms with E-state index in [1.54, 1.807) is 13.2 Å². The maximum absolute atomic E-state index is 12.4. The molecule has 122 valence electrons. The lowest BCUT2D eigenvalue weighted by atomic mass is 9.96. The van der Waals surface area contributed by atoms with Crippen molar-refractivity contribution in [2.75, 3.05) is 13.1 Å². The van der Waals surface area contributed by atoms with Crippen LogP contribution >= 0.6 is 0 Å². The van der Waals surface area contributed by atoms with Crippen molar-refractivity contribution in [2.45, 2.75) is 25.6 Å². The summed E-state index contributed by atoms with van der Waals surface area (Å²) in [5.41, 5.74) is 0.506. The Bertz CT molecular complexity index is 557.